The molecule has 1 N–H and O–H groups in total. The molecule has 0 radical (unpaired) electrons. The van der Waals surface area contributed by atoms with E-state index in [1.54, 1.807) is 22.7 Å². The van der Waals surface area contributed by atoms with Crippen LogP contribution >= 0.6 is 0 Å². The van der Waals surface area contributed by atoms with Crippen LogP contribution in [0, 0.1) is 15.9 Å². The topological polar surface area (TPSA) is 127 Å². The van der Waals surface area contributed by atoms with Crippen LogP contribution in [0.4, 0.5) is 15.8 Å². The van der Waals surface area contributed by atoms with E-state index in [4.69, 9.17) is 0 Å². The lowest BCUT2D eigenvalue weighted by molar-refractivity contribution is -0.384. The molecule has 0 unspecified atom stereocenters. The number of rotatable bonds is 7. The number of nitro groups is 1. The number of anilines is 1. The number of piperidine rings is 1. The van der Waals surface area contributed by atoms with Gasteiger partial charge in [-0.15, -0.1) is 0 Å². The summed E-state index contributed by atoms with van der Waals surface area (Å²) in [6, 6.07) is 8.51. The van der Waals surface area contributed by atoms with Crippen molar-refractivity contribution in [2.24, 2.45) is 7.05 Å². The zero-order valence-electron chi connectivity index (χ0n) is 18.2. The molecular formula is C22H22FN5O5S. The first kappa shape index (κ1) is 23.5. The van der Waals surface area contributed by atoms with Crippen LogP contribution in [0.15, 0.2) is 59.8 Å². The Kier molecular flexibility index (Phi) is 6.44. The quantitative estimate of drug-likeness (QED) is 0.308. The van der Waals surface area contributed by atoms with Gasteiger partial charge in [0.2, 0.25) is 15.8 Å². The number of aryl methyl sites for hydroxylation is 1. The van der Waals surface area contributed by atoms with E-state index in [9.17, 15) is 27.7 Å². The van der Waals surface area contributed by atoms with Crippen molar-refractivity contribution in [3.05, 3.63) is 82.2 Å². The smallest absolute Gasteiger partial charge is 0.293 e. The van der Waals surface area contributed by atoms with Crippen LogP contribution < -0.4 is 9.62 Å². The van der Waals surface area contributed by atoms with Gasteiger partial charge in [-0.2, -0.15) is 0 Å². The summed E-state index contributed by atoms with van der Waals surface area (Å²) in [6.45, 7) is 0.758. The van der Waals surface area contributed by atoms with Gasteiger partial charge in [-0.3, -0.25) is 14.9 Å². The molecule has 10 nitrogen and oxygen atoms in total. The van der Waals surface area contributed by atoms with Gasteiger partial charge in [0.25, 0.3) is 5.69 Å². The normalized spacial score (nSPS) is 14.8. The number of nitro benzene ring substituents is 1. The van der Waals surface area contributed by atoms with Gasteiger partial charge in [0.1, 0.15) is 11.5 Å². The second kappa shape index (κ2) is 9.31. The number of hydrogen-bond acceptors (Lipinski definition) is 7. The Morgan fingerprint density at radius 2 is 1.85 bits per heavy atom. The Bertz CT molecular complexity index is 1330. The first-order valence-corrected chi connectivity index (χ1v) is 12.0. The molecule has 1 fully saturated rings. The number of ketones is 1. The molecule has 4 rings (SSSR count). The van der Waals surface area contributed by atoms with E-state index in [1.807, 2.05) is 0 Å². The third-order valence-corrected chi connectivity index (χ3v) is 7.28. The summed E-state index contributed by atoms with van der Waals surface area (Å²) in [5.41, 5.74) is 0.318. The fraction of sp³-hybridized carbons (Fsp3) is 0.273. The van der Waals surface area contributed by atoms with E-state index in [-0.39, 0.29) is 28.0 Å². The Morgan fingerprint density at radius 1 is 1.18 bits per heavy atom. The molecule has 34 heavy (non-hydrogen) atoms. The van der Waals surface area contributed by atoms with Gasteiger partial charge in [0.05, 0.1) is 9.82 Å². The highest BCUT2D eigenvalue weighted by molar-refractivity contribution is 7.89. The minimum Gasteiger partial charge on any atom is -0.366 e. The number of nitrogens with zero attached hydrogens (tertiary/aromatic N) is 4. The molecule has 0 spiro atoms. The highest BCUT2D eigenvalue weighted by atomic mass is 32.2. The monoisotopic (exact) mass is 487 g/mol. The number of aromatic nitrogens is 2. The fourth-order valence-corrected chi connectivity index (χ4v) is 5.24. The van der Waals surface area contributed by atoms with Crippen molar-refractivity contribution < 1.29 is 22.5 Å². The van der Waals surface area contributed by atoms with E-state index in [0.29, 0.717) is 31.6 Å². The van der Waals surface area contributed by atoms with Gasteiger partial charge in [-0.1, -0.05) is 0 Å². The number of hydrogen-bond donors (Lipinski definition) is 1. The first-order chi connectivity index (χ1) is 16.2. The number of imidazole rings is 1. The van der Waals surface area contributed by atoms with Gasteiger partial charge >= 0.3 is 0 Å². The molecule has 0 amide bonds. The molecule has 1 aliphatic heterocycles. The zero-order chi connectivity index (χ0) is 24.5. The van der Waals surface area contributed by atoms with Crippen molar-refractivity contribution in [2.75, 3.05) is 18.0 Å². The van der Waals surface area contributed by atoms with Gasteiger partial charge in [0.15, 0.2) is 5.82 Å². The predicted octanol–water partition coefficient (Wildman–Crippen LogP) is 2.65. The first-order valence-electron chi connectivity index (χ1n) is 10.5. The average Bonchev–Trinajstić information content (AvgIpc) is 3.24. The third-order valence-electron chi connectivity index (χ3n) is 5.74. The Hall–Kier alpha value is -3.64. The van der Waals surface area contributed by atoms with E-state index in [2.05, 4.69) is 9.71 Å². The number of nitrogens with one attached hydrogen (secondary N) is 1. The number of carbonyl (C=O) groups excluding carboxylic acids is 1. The van der Waals surface area contributed by atoms with Crippen LogP contribution in [0.5, 0.6) is 0 Å². The third kappa shape index (κ3) is 4.82. The molecule has 0 aliphatic carbocycles. The maximum Gasteiger partial charge on any atom is 0.293 e. The molecule has 0 atom stereocenters. The Balaban J connectivity index is 1.47. The second-order valence-corrected chi connectivity index (χ2v) is 9.70. The lowest BCUT2D eigenvalue weighted by Crippen LogP contribution is -2.44. The summed E-state index contributed by atoms with van der Waals surface area (Å²) >= 11 is 0. The number of sulfonamides is 1. The lowest BCUT2D eigenvalue weighted by atomic mass is 10.0. The minimum absolute atomic E-state index is 0.0278. The van der Waals surface area contributed by atoms with Crippen LogP contribution in [0.3, 0.4) is 0 Å². The maximum atomic E-state index is 13.1. The summed E-state index contributed by atoms with van der Waals surface area (Å²) in [6.07, 6.45) is 3.94. The van der Waals surface area contributed by atoms with Crippen molar-refractivity contribution in [1.82, 2.24) is 14.3 Å². The van der Waals surface area contributed by atoms with Gasteiger partial charge in [-0.25, -0.2) is 22.5 Å². The zero-order valence-corrected chi connectivity index (χ0v) is 19.0. The second-order valence-electron chi connectivity index (χ2n) is 7.99. The summed E-state index contributed by atoms with van der Waals surface area (Å²) < 4.78 is 42.4. The van der Waals surface area contributed by atoms with E-state index in [0.717, 1.165) is 12.1 Å². The van der Waals surface area contributed by atoms with Gasteiger partial charge in [-0.05, 0) is 49.2 Å². The summed E-state index contributed by atoms with van der Waals surface area (Å²) in [7, 11) is -2.15. The summed E-state index contributed by atoms with van der Waals surface area (Å²) in [5, 5.41) is 11.8. The molecule has 12 heteroatoms. The van der Waals surface area contributed by atoms with Crippen LogP contribution in [-0.4, -0.2) is 47.8 Å². The van der Waals surface area contributed by atoms with Gasteiger partial charge < -0.3 is 9.47 Å². The van der Waals surface area contributed by atoms with E-state index >= 15 is 0 Å². The lowest BCUT2D eigenvalue weighted by Gasteiger charge is -2.33. The standard InChI is InChI=1S/C22H22FN5O5S/c1-26-13-10-24-22(26)21(29)15-2-7-19(20(14-15)28(30)31)27-11-8-17(9-12-27)25-34(32,33)18-5-3-16(23)4-6-18/h2-7,10,13-14,17,25H,8-9,11-12H2,1H3. The van der Waals surface area contributed by atoms with Crippen molar-refractivity contribution in [1.29, 1.82) is 0 Å². The van der Waals surface area contributed by atoms with E-state index < -0.39 is 26.5 Å². The largest absolute Gasteiger partial charge is 0.366 e. The highest BCUT2D eigenvalue weighted by Crippen LogP contribution is 2.32. The molecule has 1 aromatic heterocycles. The molecule has 2 aromatic carbocycles. The Labute approximate surface area is 195 Å². The molecular weight excluding hydrogens is 465 g/mol. The molecule has 1 saturated heterocycles. The summed E-state index contributed by atoms with van der Waals surface area (Å²) in [5.74, 6) is -0.770. The fourth-order valence-electron chi connectivity index (χ4n) is 3.93. The summed E-state index contributed by atoms with van der Waals surface area (Å²) in [4.78, 5) is 29.7. The van der Waals surface area contributed by atoms with Crippen molar-refractivity contribution in [3.63, 3.8) is 0 Å². The molecule has 2 heterocycles. The SMILES string of the molecule is Cn1ccnc1C(=O)c1ccc(N2CCC(NS(=O)(=O)c3ccc(F)cc3)CC2)c([N+](=O)[O-])c1. The number of carbonyl (C=O) groups is 1. The van der Waals surface area contributed by atoms with Crippen molar-refractivity contribution in [3.8, 4) is 0 Å². The van der Waals surface area contributed by atoms with Gasteiger partial charge in [0, 0.05) is 50.2 Å². The Morgan fingerprint density at radius 3 is 2.44 bits per heavy atom. The van der Waals surface area contributed by atoms with Crippen LogP contribution in [-0.2, 0) is 17.1 Å². The van der Waals surface area contributed by atoms with Crippen LogP contribution in [0.1, 0.15) is 29.0 Å². The number of halogens is 1. The van der Waals surface area contributed by atoms with Crippen LogP contribution in [0.25, 0.3) is 0 Å². The molecule has 1 aliphatic rings. The molecule has 3 aromatic rings. The molecule has 0 saturated carbocycles. The highest BCUT2D eigenvalue weighted by Gasteiger charge is 2.29. The van der Waals surface area contributed by atoms with E-state index in [1.165, 1.54) is 36.5 Å². The average molecular weight is 488 g/mol. The minimum atomic E-state index is -3.81. The predicted molar refractivity (Wildman–Crippen MR) is 122 cm³/mol. The molecule has 0 bridgehead atoms. The number of benzene rings is 2. The van der Waals surface area contributed by atoms with Crippen molar-refractivity contribution >= 4 is 27.2 Å². The maximum absolute atomic E-state index is 13.1. The van der Waals surface area contributed by atoms with Crippen LogP contribution in [0.2, 0.25) is 0 Å². The van der Waals surface area contributed by atoms with Crippen molar-refractivity contribution in [2.45, 2.75) is 23.8 Å². The molecule has 178 valence electrons.